The van der Waals surface area contributed by atoms with Gasteiger partial charge in [0, 0.05) is 6.92 Å². The Morgan fingerprint density at radius 2 is 1.80 bits per heavy atom. The molecule has 0 heterocycles. The van der Waals surface area contributed by atoms with Gasteiger partial charge in [-0.1, -0.05) is 0 Å². The van der Waals surface area contributed by atoms with Gasteiger partial charge in [-0.05, 0) is 0 Å². The van der Waals surface area contributed by atoms with Crippen molar-refractivity contribution in [3.05, 3.63) is 0 Å². The molecular formula is C2H5IOS. The van der Waals surface area contributed by atoms with E-state index in [1.807, 2.05) is 0 Å². The molecule has 0 spiro atoms. The first-order valence-electron chi connectivity index (χ1n) is 0.928. The highest BCUT2D eigenvalue weighted by Gasteiger charge is 1.63. The van der Waals surface area contributed by atoms with Crippen molar-refractivity contribution in [2.24, 2.45) is 0 Å². The summed E-state index contributed by atoms with van der Waals surface area (Å²) in [4.78, 5) is 9.31. The highest BCUT2D eigenvalue weighted by Crippen LogP contribution is 1.66. The number of carbonyl (C=O) groups is 1. The summed E-state index contributed by atoms with van der Waals surface area (Å²) in [6.07, 6.45) is 0. The van der Waals surface area contributed by atoms with Gasteiger partial charge in [-0.15, -0.1) is 36.6 Å². The molecule has 0 aromatic heterocycles. The van der Waals surface area contributed by atoms with Gasteiger partial charge >= 0.3 is 0 Å². The fraction of sp³-hybridized carbons (Fsp3) is 0.500. The first-order chi connectivity index (χ1) is 1.73. The number of carbonyl (C=O) groups excluding carboxylic acids is 1. The zero-order valence-corrected chi connectivity index (χ0v) is 5.99. The Labute approximate surface area is 53.6 Å². The Balaban J connectivity index is 0. The highest BCUT2D eigenvalue weighted by atomic mass is 127. The van der Waals surface area contributed by atoms with Crippen LogP contribution in [0.5, 0.6) is 0 Å². The van der Waals surface area contributed by atoms with E-state index < -0.39 is 0 Å². The first-order valence-corrected chi connectivity index (χ1v) is 1.37. The summed E-state index contributed by atoms with van der Waals surface area (Å²) in [7, 11) is 0. The average Bonchev–Trinajstić information content (AvgIpc) is 0.811. The Bertz CT molecular complexity index is 32.6. The summed E-state index contributed by atoms with van der Waals surface area (Å²) in [6, 6.07) is 0. The third-order valence-electron chi connectivity index (χ3n) is 0. The monoisotopic (exact) mass is 204 g/mol. The maximum atomic E-state index is 9.31. The molecule has 0 saturated carbocycles. The van der Waals surface area contributed by atoms with Crippen LogP contribution in [0, 0.1) is 0 Å². The molecule has 0 aliphatic heterocycles. The summed E-state index contributed by atoms with van der Waals surface area (Å²) in [6.45, 7) is 1.39. The van der Waals surface area contributed by atoms with E-state index in [9.17, 15) is 4.79 Å². The lowest BCUT2D eigenvalue weighted by atomic mass is 10.9. The lowest BCUT2D eigenvalue weighted by molar-refractivity contribution is -0.108. The second kappa shape index (κ2) is 4.75. The van der Waals surface area contributed by atoms with Gasteiger partial charge in [0.15, 0.2) is 5.12 Å². The van der Waals surface area contributed by atoms with E-state index in [0.29, 0.717) is 0 Å². The van der Waals surface area contributed by atoms with Crippen LogP contribution in [0.25, 0.3) is 0 Å². The predicted molar refractivity (Wildman–Crippen MR) is 35.1 cm³/mol. The number of hydrogen-bond donors (Lipinski definition) is 1. The van der Waals surface area contributed by atoms with Gasteiger partial charge in [-0.25, -0.2) is 0 Å². The van der Waals surface area contributed by atoms with E-state index in [0.717, 1.165) is 0 Å². The molecule has 0 amide bonds. The summed E-state index contributed by atoms with van der Waals surface area (Å²) in [5, 5.41) is -0.139. The van der Waals surface area contributed by atoms with Crippen molar-refractivity contribution in [2.45, 2.75) is 6.92 Å². The van der Waals surface area contributed by atoms with Crippen LogP contribution in [0.15, 0.2) is 0 Å². The molecule has 0 fully saturated rings. The smallest absolute Gasteiger partial charge is 0.182 e. The zero-order valence-electron chi connectivity index (χ0n) is 2.76. The summed E-state index contributed by atoms with van der Waals surface area (Å²) < 4.78 is 0. The van der Waals surface area contributed by atoms with E-state index >= 15 is 0 Å². The largest absolute Gasteiger partial charge is 0.288 e. The third kappa shape index (κ3) is 63.9. The SMILES string of the molecule is CC(=O)S.I. The van der Waals surface area contributed by atoms with Crippen molar-refractivity contribution in [1.82, 2.24) is 0 Å². The molecule has 32 valence electrons. The predicted octanol–water partition coefficient (Wildman–Crippen LogP) is 1.08. The molecule has 0 saturated heterocycles. The Morgan fingerprint density at radius 1 is 1.80 bits per heavy atom. The molecule has 0 N–H and O–H groups in total. The molecule has 0 bridgehead atoms. The average molecular weight is 204 g/mol. The van der Waals surface area contributed by atoms with Gasteiger partial charge < -0.3 is 0 Å². The fourth-order valence-corrected chi connectivity index (χ4v) is 0. The van der Waals surface area contributed by atoms with Crippen LogP contribution in [0.3, 0.4) is 0 Å². The van der Waals surface area contributed by atoms with Gasteiger partial charge in [0.25, 0.3) is 0 Å². The third-order valence-corrected chi connectivity index (χ3v) is 0. The lowest BCUT2D eigenvalue weighted by Crippen LogP contribution is -1.62. The molecule has 3 heteroatoms. The standard InChI is InChI=1S/C2H4OS.HI/c1-2(3)4;/h1H3,(H,3,4);1H. The summed E-state index contributed by atoms with van der Waals surface area (Å²) in [5.41, 5.74) is 0. The van der Waals surface area contributed by atoms with Crippen molar-refractivity contribution in [1.29, 1.82) is 0 Å². The molecular weight excluding hydrogens is 199 g/mol. The van der Waals surface area contributed by atoms with Crippen molar-refractivity contribution < 1.29 is 4.79 Å². The first kappa shape index (κ1) is 9.23. The molecule has 0 unspecified atom stereocenters. The second-order valence-electron chi connectivity index (χ2n) is 0.519. The minimum absolute atomic E-state index is 0. The van der Waals surface area contributed by atoms with Crippen LogP contribution in [0.4, 0.5) is 0 Å². The van der Waals surface area contributed by atoms with E-state index in [1.54, 1.807) is 0 Å². The lowest BCUT2D eigenvalue weighted by Gasteiger charge is -1.55. The van der Waals surface area contributed by atoms with Crippen molar-refractivity contribution >= 4 is 41.7 Å². The van der Waals surface area contributed by atoms with Crippen LogP contribution < -0.4 is 0 Å². The van der Waals surface area contributed by atoms with Gasteiger partial charge in [0.1, 0.15) is 0 Å². The molecule has 0 radical (unpaired) electrons. The van der Waals surface area contributed by atoms with Crippen molar-refractivity contribution in [2.75, 3.05) is 0 Å². The summed E-state index contributed by atoms with van der Waals surface area (Å²) >= 11 is 3.33. The van der Waals surface area contributed by atoms with Crippen LogP contribution in [0.2, 0.25) is 0 Å². The summed E-state index contributed by atoms with van der Waals surface area (Å²) in [5.74, 6) is 0. The molecule has 0 rings (SSSR count). The van der Waals surface area contributed by atoms with E-state index in [4.69, 9.17) is 0 Å². The number of rotatable bonds is 0. The molecule has 0 aromatic carbocycles. The van der Waals surface area contributed by atoms with Crippen LogP contribution in [-0.4, -0.2) is 5.12 Å². The van der Waals surface area contributed by atoms with Crippen LogP contribution in [0.1, 0.15) is 6.92 Å². The quantitative estimate of drug-likeness (QED) is 0.461. The molecule has 1 nitrogen and oxygen atoms in total. The van der Waals surface area contributed by atoms with Crippen LogP contribution in [-0.2, 0) is 4.79 Å². The maximum Gasteiger partial charge on any atom is 0.182 e. The molecule has 5 heavy (non-hydrogen) atoms. The molecule has 0 aromatic rings. The molecule has 0 aliphatic rings. The zero-order chi connectivity index (χ0) is 3.58. The number of hydrogen-bond acceptors (Lipinski definition) is 1. The second-order valence-corrected chi connectivity index (χ2v) is 1.15. The maximum absolute atomic E-state index is 9.31. The fourth-order valence-electron chi connectivity index (χ4n) is 0. The minimum Gasteiger partial charge on any atom is -0.288 e. The van der Waals surface area contributed by atoms with E-state index in [2.05, 4.69) is 12.6 Å². The van der Waals surface area contributed by atoms with Crippen LogP contribution >= 0.6 is 36.6 Å². The number of halogens is 1. The topological polar surface area (TPSA) is 17.1 Å². The Morgan fingerprint density at radius 3 is 1.80 bits per heavy atom. The normalized spacial score (nSPS) is 5.20. The van der Waals surface area contributed by atoms with Gasteiger partial charge in [0.05, 0.1) is 0 Å². The van der Waals surface area contributed by atoms with Gasteiger partial charge in [-0.3, -0.25) is 4.79 Å². The number of thiol groups is 1. The molecule has 0 aliphatic carbocycles. The van der Waals surface area contributed by atoms with E-state index in [1.165, 1.54) is 6.92 Å². The molecule has 0 atom stereocenters. The minimum atomic E-state index is -0.139. The van der Waals surface area contributed by atoms with Gasteiger partial charge in [0.2, 0.25) is 0 Å². The van der Waals surface area contributed by atoms with E-state index in [-0.39, 0.29) is 29.1 Å². The van der Waals surface area contributed by atoms with Crippen molar-refractivity contribution in [3.8, 4) is 0 Å². The van der Waals surface area contributed by atoms with Crippen molar-refractivity contribution in [3.63, 3.8) is 0 Å². The Kier molecular flexibility index (Phi) is 8.76. The Hall–Kier alpha value is 0.750. The highest BCUT2D eigenvalue weighted by molar-refractivity contribution is 14.0. The van der Waals surface area contributed by atoms with Gasteiger partial charge in [-0.2, -0.15) is 0 Å².